The van der Waals surface area contributed by atoms with Gasteiger partial charge in [-0.05, 0) is 74.0 Å². The highest BCUT2D eigenvalue weighted by Gasteiger charge is 2.44. The molecule has 45 heavy (non-hydrogen) atoms. The van der Waals surface area contributed by atoms with E-state index in [4.69, 9.17) is 37.4 Å². The van der Waals surface area contributed by atoms with Gasteiger partial charge in [-0.2, -0.15) is 5.10 Å². The highest BCUT2D eigenvalue weighted by molar-refractivity contribution is 9.09. The number of ether oxygens (including phenoxy) is 3. The van der Waals surface area contributed by atoms with Crippen molar-refractivity contribution < 1.29 is 14.2 Å². The Labute approximate surface area is 281 Å². The van der Waals surface area contributed by atoms with Crippen LogP contribution in [0.15, 0.2) is 77.9 Å². The van der Waals surface area contributed by atoms with Gasteiger partial charge in [0.2, 0.25) is 5.79 Å². The highest BCUT2D eigenvalue weighted by atomic mass is 79.9. The zero-order chi connectivity index (χ0) is 31.6. The van der Waals surface area contributed by atoms with Crippen LogP contribution in [0, 0.1) is 0 Å². The second kappa shape index (κ2) is 13.8. The van der Waals surface area contributed by atoms with Crippen LogP contribution in [0.2, 0.25) is 10.0 Å². The Morgan fingerprint density at radius 3 is 2.20 bits per heavy atom. The third-order valence-corrected chi connectivity index (χ3v) is 9.78. The van der Waals surface area contributed by atoms with Crippen molar-refractivity contribution in [2.45, 2.75) is 38.2 Å². The average molecular weight is 717 g/mol. The Balaban J connectivity index is 0.998. The molecule has 3 unspecified atom stereocenters. The van der Waals surface area contributed by atoms with Gasteiger partial charge in [-0.3, -0.25) is 0 Å². The minimum Gasteiger partial charge on any atom is -0.491 e. The van der Waals surface area contributed by atoms with E-state index in [1.165, 1.54) is 0 Å². The summed E-state index contributed by atoms with van der Waals surface area (Å²) >= 11 is 16.0. The van der Waals surface area contributed by atoms with Crippen LogP contribution in [0.4, 0.5) is 11.4 Å². The molecule has 1 aromatic heterocycles. The molecule has 3 atom stereocenters. The van der Waals surface area contributed by atoms with E-state index in [0.717, 1.165) is 61.0 Å². The maximum Gasteiger partial charge on any atom is 0.350 e. The van der Waals surface area contributed by atoms with Crippen LogP contribution in [0.25, 0.3) is 5.69 Å². The van der Waals surface area contributed by atoms with Crippen molar-refractivity contribution >= 4 is 50.5 Å². The SMILES string of the molecule is CCC(C)n1ncn(-c2ccc(N3CCN(c4ccc(OCC5COC(CBr)(c6ccc(Cl)cc6Cl)O5)cc4)CC3)cc2)c1=O. The summed E-state index contributed by atoms with van der Waals surface area (Å²) in [5.41, 5.74) is 3.74. The summed E-state index contributed by atoms with van der Waals surface area (Å²) in [5.74, 6) is -0.212. The van der Waals surface area contributed by atoms with E-state index >= 15 is 0 Å². The zero-order valence-corrected chi connectivity index (χ0v) is 28.3. The maximum absolute atomic E-state index is 12.8. The molecular weight excluding hydrogens is 681 g/mol. The summed E-state index contributed by atoms with van der Waals surface area (Å²) in [6.45, 7) is 8.39. The molecule has 2 fully saturated rings. The summed E-state index contributed by atoms with van der Waals surface area (Å²) < 4.78 is 21.6. The Kier molecular flexibility index (Phi) is 9.77. The summed E-state index contributed by atoms with van der Waals surface area (Å²) in [6, 6.07) is 21.7. The van der Waals surface area contributed by atoms with Crippen LogP contribution in [0.5, 0.6) is 5.75 Å². The van der Waals surface area contributed by atoms with Gasteiger partial charge >= 0.3 is 5.69 Å². The summed E-state index contributed by atoms with van der Waals surface area (Å²) in [5, 5.41) is 5.78. The molecule has 9 nitrogen and oxygen atoms in total. The van der Waals surface area contributed by atoms with E-state index in [0.29, 0.717) is 28.6 Å². The molecule has 238 valence electrons. The van der Waals surface area contributed by atoms with Gasteiger partial charge in [-0.25, -0.2) is 14.0 Å². The van der Waals surface area contributed by atoms with Gasteiger partial charge in [0.1, 0.15) is 24.8 Å². The predicted molar refractivity (Wildman–Crippen MR) is 182 cm³/mol. The van der Waals surface area contributed by atoms with Gasteiger partial charge in [0.15, 0.2) is 0 Å². The van der Waals surface area contributed by atoms with Crippen molar-refractivity contribution in [2.24, 2.45) is 0 Å². The van der Waals surface area contributed by atoms with Crippen LogP contribution in [-0.2, 0) is 15.3 Å². The summed E-state index contributed by atoms with van der Waals surface area (Å²) in [4.78, 5) is 17.5. The number of halogens is 3. The minimum atomic E-state index is -0.986. The Bertz CT molecular complexity index is 1660. The van der Waals surface area contributed by atoms with Crippen molar-refractivity contribution in [3.05, 3.63) is 99.2 Å². The van der Waals surface area contributed by atoms with Gasteiger partial charge in [0.05, 0.1) is 28.7 Å². The Hall–Kier alpha value is -3.02. The van der Waals surface area contributed by atoms with Gasteiger partial charge in [0.25, 0.3) is 0 Å². The molecular formula is C33H36BrCl2N5O4. The fraction of sp³-hybridized carbons (Fsp3) is 0.394. The molecule has 0 saturated carbocycles. The molecule has 2 aliphatic rings. The standard InChI is InChI=1S/C33H36BrCl2N5O4/c1-3-23(2)41-32(42)40(22-37-41)27-7-5-25(6-8-27)38-14-16-39(17-15-38)26-9-11-28(12-10-26)43-19-29-20-44-33(21-34,45-29)30-13-4-24(35)18-31(30)36/h4-13,18,22-23,29H,3,14-17,19-21H2,1-2H3. The third kappa shape index (κ3) is 6.76. The smallest absolute Gasteiger partial charge is 0.350 e. The van der Waals surface area contributed by atoms with Gasteiger partial charge in [-0.1, -0.05) is 52.1 Å². The molecule has 12 heteroatoms. The van der Waals surface area contributed by atoms with Crippen molar-refractivity contribution in [3.8, 4) is 11.4 Å². The second-order valence-electron chi connectivity index (χ2n) is 11.3. The molecule has 0 N–H and O–H groups in total. The van der Waals surface area contributed by atoms with Crippen LogP contribution in [0.3, 0.4) is 0 Å². The van der Waals surface area contributed by atoms with Gasteiger partial charge in [0, 0.05) is 48.1 Å². The van der Waals surface area contributed by atoms with Gasteiger partial charge < -0.3 is 24.0 Å². The molecule has 4 aromatic rings. The monoisotopic (exact) mass is 715 g/mol. The lowest BCUT2D eigenvalue weighted by Crippen LogP contribution is -2.46. The summed E-state index contributed by atoms with van der Waals surface area (Å²) in [6.07, 6.45) is 2.20. The van der Waals surface area contributed by atoms with E-state index < -0.39 is 5.79 Å². The van der Waals surface area contributed by atoms with Crippen LogP contribution < -0.4 is 20.2 Å². The fourth-order valence-corrected chi connectivity index (χ4v) is 6.84. The molecule has 0 amide bonds. The Morgan fingerprint density at radius 1 is 0.978 bits per heavy atom. The average Bonchev–Trinajstić information content (AvgIpc) is 3.68. The van der Waals surface area contributed by atoms with Crippen molar-refractivity contribution in [1.82, 2.24) is 14.3 Å². The largest absolute Gasteiger partial charge is 0.491 e. The number of alkyl halides is 1. The number of benzene rings is 3. The third-order valence-electron chi connectivity index (χ3n) is 8.49. The first kappa shape index (κ1) is 31.9. The van der Waals surface area contributed by atoms with Crippen molar-refractivity contribution in [2.75, 3.05) is 54.5 Å². The highest BCUT2D eigenvalue weighted by Crippen LogP contribution is 2.40. The molecule has 2 aliphatic heterocycles. The molecule has 0 aliphatic carbocycles. The Morgan fingerprint density at radius 2 is 1.60 bits per heavy atom. The molecule has 0 radical (unpaired) electrons. The van der Waals surface area contributed by atoms with Crippen molar-refractivity contribution in [3.63, 3.8) is 0 Å². The number of rotatable bonds is 10. The molecule has 0 spiro atoms. The topological polar surface area (TPSA) is 74.0 Å². The van der Waals surface area contributed by atoms with Crippen molar-refractivity contribution in [1.29, 1.82) is 0 Å². The molecule has 2 saturated heterocycles. The number of hydrogen-bond acceptors (Lipinski definition) is 7. The number of anilines is 2. The lowest BCUT2D eigenvalue weighted by Gasteiger charge is -2.37. The van der Waals surface area contributed by atoms with E-state index in [2.05, 4.69) is 55.1 Å². The van der Waals surface area contributed by atoms with Crippen LogP contribution in [-0.4, -0.2) is 65.2 Å². The maximum atomic E-state index is 12.8. The van der Waals surface area contributed by atoms with E-state index in [9.17, 15) is 4.79 Å². The fourth-order valence-electron chi connectivity index (χ4n) is 5.69. The quantitative estimate of drug-likeness (QED) is 0.170. The van der Waals surface area contributed by atoms with Crippen LogP contribution in [0.1, 0.15) is 31.9 Å². The first-order valence-corrected chi connectivity index (χ1v) is 17.0. The lowest BCUT2D eigenvalue weighted by molar-refractivity contribution is -0.159. The number of piperazine rings is 1. The molecule has 3 heterocycles. The zero-order valence-electron chi connectivity index (χ0n) is 25.2. The molecule has 3 aromatic carbocycles. The minimum absolute atomic E-state index is 0.0708. The first-order valence-electron chi connectivity index (χ1n) is 15.1. The number of hydrogen-bond donors (Lipinski definition) is 0. The van der Waals surface area contributed by atoms with E-state index in [1.54, 1.807) is 27.7 Å². The lowest BCUT2D eigenvalue weighted by atomic mass is 10.1. The normalized spacial score (nSPS) is 20.9. The predicted octanol–water partition coefficient (Wildman–Crippen LogP) is 6.68. The molecule has 6 rings (SSSR count). The molecule has 0 bridgehead atoms. The summed E-state index contributed by atoms with van der Waals surface area (Å²) in [7, 11) is 0. The number of nitrogens with zero attached hydrogens (tertiary/aromatic N) is 5. The van der Waals surface area contributed by atoms with Crippen LogP contribution >= 0.6 is 39.1 Å². The number of aromatic nitrogens is 3. The second-order valence-corrected chi connectivity index (χ2v) is 12.7. The van der Waals surface area contributed by atoms with E-state index in [-0.39, 0.29) is 17.8 Å². The first-order chi connectivity index (χ1) is 21.8. The van der Waals surface area contributed by atoms with E-state index in [1.807, 2.05) is 44.2 Å². The van der Waals surface area contributed by atoms with Gasteiger partial charge in [-0.15, -0.1) is 0 Å².